The van der Waals surface area contributed by atoms with Gasteiger partial charge in [-0.3, -0.25) is 24.0 Å². The first-order valence-electron chi connectivity index (χ1n) is 19.3. The van der Waals surface area contributed by atoms with Gasteiger partial charge in [0.2, 0.25) is 29.5 Å². The minimum atomic E-state index is -1.27. The van der Waals surface area contributed by atoms with Crippen LogP contribution in [0.3, 0.4) is 0 Å². The second kappa shape index (κ2) is 19.4. The summed E-state index contributed by atoms with van der Waals surface area (Å²) in [7, 11) is 0. The number of carboxylic acids is 1. The highest BCUT2D eigenvalue weighted by Crippen LogP contribution is 2.23. The van der Waals surface area contributed by atoms with E-state index in [1.165, 1.54) is 17.0 Å². The van der Waals surface area contributed by atoms with E-state index in [4.69, 9.17) is 5.73 Å². The molecule has 0 unspecified atom stereocenters. The molecule has 304 valence electrons. The number of nitrogens with two attached hydrogens (primary N) is 1. The van der Waals surface area contributed by atoms with Crippen molar-refractivity contribution in [3.63, 3.8) is 0 Å². The third-order valence-electron chi connectivity index (χ3n) is 10.1. The van der Waals surface area contributed by atoms with Gasteiger partial charge in [-0.05, 0) is 66.3 Å². The van der Waals surface area contributed by atoms with Crippen LogP contribution in [-0.2, 0) is 41.6 Å². The number of nitrogens with zero attached hydrogens (tertiary/aromatic N) is 1. The van der Waals surface area contributed by atoms with Gasteiger partial charge < -0.3 is 47.1 Å². The number of H-pyrrole nitrogens is 1. The molecule has 2 aromatic carbocycles. The molecule has 1 saturated heterocycles. The molecular weight excluding hydrogens is 718 g/mol. The van der Waals surface area contributed by atoms with Crippen molar-refractivity contribution >= 4 is 46.4 Å². The molecule has 15 heteroatoms. The van der Waals surface area contributed by atoms with Crippen LogP contribution in [0.25, 0.3) is 10.9 Å². The number of aromatic hydroxyl groups is 1. The van der Waals surface area contributed by atoms with Gasteiger partial charge in [-0.15, -0.1) is 0 Å². The van der Waals surface area contributed by atoms with E-state index in [1.54, 1.807) is 46.0 Å². The number of aromatic amines is 1. The highest BCUT2D eigenvalue weighted by atomic mass is 16.4. The van der Waals surface area contributed by atoms with Crippen molar-refractivity contribution in [3.05, 3.63) is 65.9 Å². The van der Waals surface area contributed by atoms with Gasteiger partial charge in [0.05, 0.1) is 6.04 Å². The number of likely N-dealkylation sites (tertiary alicyclic amines) is 1. The van der Waals surface area contributed by atoms with E-state index in [-0.39, 0.29) is 43.4 Å². The van der Waals surface area contributed by atoms with Crippen LogP contribution in [0.5, 0.6) is 5.75 Å². The summed E-state index contributed by atoms with van der Waals surface area (Å²) in [6.45, 7) is 11.1. The van der Waals surface area contributed by atoms with Crippen LogP contribution in [0.2, 0.25) is 0 Å². The van der Waals surface area contributed by atoms with Gasteiger partial charge in [0.15, 0.2) is 0 Å². The predicted molar refractivity (Wildman–Crippen MR) is 211 cm³/mol. The number of carboxylic acid groups (broad SMARTS) is 1. The lowest BCUT2D eigenvalue weighted by Gasteiger charge is -2.32. The van der Waals surface area contributed by atoms with E-state index >= 15 is 0 Å². The van der Waals surface area contributed by atoms with Crippen molar-refractivity contribution < 1.29 is 39.0 Å². The molecule has 1 aliphatic rings. The predicted octanol–water partition coefficient (Wildman–Crippen LogP) is 2.36. The molecule has 0 bridgehead atoms. The molecule has 15 nitrogen and oxygen atoms in total. The molecule has 0 spiro atoms. The van der Waals surface area contributed by atoms with E-state index in [1.807, 2.05) is 38.1 Å². The number of nitrogens with one attached hydrogen (secondary N) is 5. The number of aliphatic carboxylic acids is 1. The van der Waals surface area contributed by atoms with Gasteiger partial charge in [0.25, 0.3) is 0 Å². The van der Waals surface area contributed by atoms with E-state index in [2.05, 4.69) is 26.3 Å². The smallest absolute Gasteiger partial charge is 0.326 e. The van der Waals surface area contributed by atoms with Crippen LogP contribution < -0.4 is 27.0 Å². The molecule has 5 amide bonds. The normalized spacial score (nSPS) is 17.0. The number of para-hydroxylation sites is 1. The molecule has 9 N–H and O–H groups in total. The second-order valence-electron chi connectivity index (χ2n) is 15.8. The molecule has 6 atom stereocenters. The Hall–Kier alpha value is -5.44. The minimum absolute atomic E-state index is 0.00875. The van der Waals surface area contributed by atoms with E-state index in [0.717, 1.165) is 10.9 Å². The molecular formula is C41H57N7O8. The van der Waals surface area contributed by atoms with Crippen LogP contribution >= 0.6 is 0 Å². The zero-order valence-electron chi connectivity index (χ0n) is 33.0. The monoisotopic (exact) mass is 775 g/mol. The topological polar surface area (TPSA) is 236 Å². The Bertz CT molecular complexity index is 1860. The molecule has 56 heavy (non-hydrogen) atoms. The number of carbonyl (C=O) groups is 6. The van der Waals surface area contributed by atoms with Gasteiger partial charge in [0, 0.05) is 36.5 Å². The minimum Gasteiger partial charge on any atom is -0.508 e. The lowest BCUT2D eigenvalue weighted by Crippen LogP contribution is -2.61. The first kappa shape index (κ1) is 43.3. The number of aromatic nitrogens is 1. The average molecular weight is 776 g/mol. The number of rotatable bonds is 18. The highest BCUT2D eigenvalue weighted by molar-refractivity contribution is 5.97. The summed E-state index contributed by atoms with van der Waals surface area (Å²) in [5.41, 5.74) is 8.23. The Labute approximate surface area is 327 Å². The summed E-state index contributed by atoms with van der Waals surface area (Å²) in [6, 6.07) is 7.18. The van der Waals surface area contributed by atoms with Crippen LogP contribution in [0.4, 0.5) is 0 Å². The van der Waals surface area contributed by atoms with Gasteiger partial charge in [-0.2, -0.15) is 0 Å². The van der Waals surface area contributed by atoms with Crippen molar-refractivity contribution in [2.24, 2.45) is 23.5 Å². The fraction of sp³-hybridized carbons (Fsp3) is 0.512. The second-order valence-corrected chi connectivity index (χ2v) is 15.8. The lowest BCUT2D eigenvalue weighted by atomic mass is 9.97. The van der Waals surface area contributed by atoms with Gasteiger partial charge in [0.1, 0.15) is 36.0 Å². The maximum absolute atomic E-state index is 14.4. The molecule has 1 fully saturated rings. The third-order valence-corrected chi connectivity index (χ3v) is 10.1. The fourth-order valence-corrected chi connectivity index (χ4v) is 7.01. The maximum atomic E-state index is 14.4. The summed E-state index contributed by atoms with van der Waals surface area (Å²) >= 11 is 0. The molecule has 1 aromatic heterocycles. The number of amides is 5. The summed E-state index contributed by atoms with van der Waals surface area (Å²) in [5.74, 6) is -4.73. The average Bonchev–Trinajstić information content (AvgIpc) is 3.80. The Morgan fingerprint density at radius 3 is 2.02 bits per heavy atom. The highest BCUT2D eigenvalue weighted by Gasteiger charge is 2.40. The summed E-state index contributed by atoms with van der Waals surface area (Å²) in [4.78, 5) is 85.5. The standard InChI is InChI=1S/C41H57N7O8/c1-22(2)18-29(42)36(50)46-35(24(5)6)39(53)47-34(23(3)4)38(52)44-31(19-25-13-15-27(49)16-14-25)40(54)48-17-9-12-33(48)37(51)45-32(41(55)56)20-26-21-43-30-11-8-7-10-28(26)30/h7-8,10-11,13-16,21-24,29,31-35,43,49H,9,12,17-20,42H2,1-6H3,(H,44,52)(H,45,51)(H,46,50)(H,47,53)(H,55,56)/t29-,31-,32-,33-,34-,35-/m0/s1. The Morgan fingerprint density at radius 1 is 0.804 bits per heavy atom. The molecule has 4 rings (SSSR count). The number of benzene rings is 2. The molecule has 1 aliphatic heterocycles. The molecule has 0 aliphatic carbocycles. The Morgan fingerprint density at radius 2 is 1.41 bits per heavy atom. The SMILES string of the molecule is CC(C)C[C@H](N)C(=O)N[C@H](C(=O)N[C@H](C(=O)N[C@@H](Cc1ccc(O)cc1)C(=O)N1CCC[C@H]1C(=O)N[C@@H](Cc1c[nH]c2ccccc12)C(=O)O)C(C)C)C(C)C. The van der Waals surface area contributed by atoms with Gasteiger partial charge >= 0.3 is 5.97 Å². The number of fused-ring (bicyclic) bond motifs is 1. The summed E-state index contributed by atoms with van der Waals surface area (Å²) in [6.07, 6.45) is 2.90. The Kier molecular flexibility index (Phi) is 15.0. The van der Waals surface area contributed by atoms with Crippen molar-refractivity contribution in [2.45, 2.75) is 110 Å². The summed E-state index contributed by atoms with van der Waals surface area (Å²) in [5, 5.41) is 31.7. The van der Waals surface area contributed by atoms with E-state index in [9.17, 15) is 39.0 Å². The van der Waals surface area contributed by atoms with Gasteiger partial charge in [-0.1, -0.05) is 71.9 Å². The fourth-order valence-electron chi connectivity index (χ4n) is 7.01. The van der Waals surface area contributed by atoms with Crippen LogP contribution in [0.1, 0.15) is 71.9 Å². The summed E-state index contributed by atoms with van der Waals surface area (Å²) < 4.78 is 0. The molecule has 3 aromatic rings. The maximum Gasteiger partial charge on any atom is 0.326 e. The van der Waals surface area contributed by atoms with Crippen LogP contribution in [0.15, 0.2) is 54.7 Å². The lowest BCUT2D eigenvalue weighted by molar-refractivity contribution is -0.145. The number of phenolic OH excluding ortho intramolecular Hbond substituents is 1. The molecule has 2 heterocycles. The van der Waals surface area contributed by atoms with Crippen LogP contribution in [0, 0.1) is 17.8 Å². The number of hydrogen-bond donors (Lipinski definition) is 8. The van der Waals surface area contributed by atoms with Crippen molar-refractivity contribution in [1.82, 2.24) is 31.2 Å². The van der Waals surface area contributed by atoms with Crippen molar-refractivity contribution in [3.8, 4) is 5.75 Å². The largest absolute Gasteiger partial charge is 0.508 e. The number of hydrogen-bond acceptors (Lipinski definition) is 8. The Balaban J connectivity index is 1.53. The third kappa shape index (κ3) is 11.3. The van der Waals surface area contributed by atoms with Crippen molar-refractivity contribution in [1.29, 1.82) is 0 Å². The van der Waals surface area contributed by atoms with E-state index < -0.39 is 77.7 Å². The quantitative estimate of drug-likeness (QED) is 0.0946. The first-order valence-corrected chi connectivity index (χ1v) is 19.3. The van der Waals surface area contributed by atoms with Gasteiger partial charge in [-0.25, -0.2) is 4.79 Å². The molecule has 0 radical (unpaired) electrons. The first-order chi connectivity index (χ1) is 26.5. The van der Waals surface area contributed by atoms with Crippen LogP contribution in [-0.4, -0.2) is 98.4 Å². The van der Waals surface area contributed by atoms with Crippen molar-refractivity contribution in [2.75, 3.05) is 6.54 Å². The number of phenols is 1. The zero-order valence-corrected chi connectivity index (χ0v) is 33.0. The van der Waals surface area contributed by atoms with E-state index in [0.29, 0.717) is 24.0 Å². The molecule has 0 saturated carbocycles. The zero-order chi connectivity index (χ0) is 41.3. The number of carbonyl (C=O) groups excluding carboxylic acids is 5.